The maximum Gasteiger partial charge on any atom is 0.408 e. The molecule has 9 heteroatoms. The first-order valence-corrected chi connectivity index (χ1v) is 12.9. The molecule has 0 radical (unpaired) electrons. The quantitative estimate of drug-likeness (QED) is 0.430. The Morgan fingerprint density at radius 2 is 1.59 bits per heavy atom. The van der Waals surface area contributed by atoms with Crippen molar-refractivity contribution in [2.45, 2.75) is 118 Å². The number of benzene rings is 1. The highest BCUT2D eigenvalue weighted by Gasteiger charge is 2.42. The van der Waals surface area contributed by atoms with Gasteiger partial charge in [-0.05, 0) is 85.4 Å². The van der Waals surface area contributed by atoms with E-state index in [0.717, 1.165) is 24.0 Å². The van der Waals surface area contributed by atoms with Gasteiger partial charge in [0.2, 0.25) is 17.7 Å². The molecule has 0 aliphatic rings. The van der Waals surface area contributed by atoms with Crippen molar-refractivity contribution in [1.29, 1.82) is 0 Å². The number of alkyl carbamates (subject to hydrolysis) is 1. The number of rotatable bonds is 10. The first-order valence-electron chi connectivity index (χ1n) is 12.9. The van der Waals surface area contributed by atoms with E-state index in [2.05, 4.69) is 10.6 Å². The number of amides is 4. The fourth-order valence-electron chi connectivity index (χ4n) is 4.04. The van der Waals surface area contributed by atoms with Gasteiger partial charge in [-0.3, -0.25) is 14.4 Å². The van der Waals surface area contributed by atoms with Gasteiger partial charge in [0, 0.05) is 11.6 Å². The van der Waals surface area contributed by atoms with Crippen molar-refractivity contribution in [2.75, 3.05) is 0 Å². The average molecular weight is 519 g/mol. The molecule has 0 bridgehead atoms. The van der Waals surface area contributed by atoms with Crippen LogP contribution < -0.4 is 16.4 Å². The molecule has 0 saturated heterocycles. The maximum absolute atomic E-state index is 14.1. The predicted octanol–water partition coefficient (Wildman–Crippen LogP) is 4.05. The Morgan fingerprint density at radius 1 is 1.00 bits per heavy atom. The van der Waals surface area contributed by atoms with E-state index >= 15 is 0 Å². The summed E-state index contributed by atoms with van der Waals surface area (Å²) < 4.78 is 5.31. The molecular weight excluding hydrogens is 472 g/mol. The highest BCUT2D eigenvalue weighted by molar-refractivity contribution is 5.95. The lowest BCUT2D eigenvalue weighted by atomic mass is 9.93. The largest absolute Gasteiger partial charge is 0.444 e. The van der Waals surface area contributed by atoms with Gasteiger partial charge in [0.15, 0.2) is 0 Å². The van der Waals surface area contributed by atoms with Crippen molar-refractivity contribution in [2.24, 2.45) is 5.73 Å². The fraction of sp³-hybridized carbons (Fsp3) is 0.643. The molecule has 208 valence electrons. The summed E-state index contributed by atoms with van der Waals surface area (Å²) in [6.45, 7) is 18.3. The fourth-order valence-corrected chi connectivity index (χ4v) is 4.04. The van der Waals surface area contributed by atoms with Crippen LogP contribution in [0.1, 0.15) is 97.4 Å². The summed E-state index contributed by atoms with van der Waals surface area (Å²) >= 11 is 0. The number of nitrogens with one attached hydrogen (secondary N) is 2. The number of hydrogen-bond acceptors (Lipinski definition) is 5. The Bertz CT molecular complexity index is 978. The highest BCUT2D eigenvalue weighted by atomic mass is 16.6. The minimum atomic E-state index is -1.32. The maximum atomic E-state index is 14.1. The Balaban J connectivity index is 3.63. The summed E-state index contributed by atoms with van der Waals surface area (Å²) in [4.78, 5) is 53.7. The standard InChI is InChI=1S/C28H46N4O5/c1-11-12-19(4)30-24(34)23(20-14-13-17(2)18(3)15-20)32(27(5,6)7)25(35)21(16-22(29)33)31-26(36)37-28(8,9)10/h13-15,19,21,23H,11-12,16H2,1-10H3,(H2,29,33)(H,30,34)(H,31,36). The van der Waals surface area contributed by atoms with Gasteiger partial charge in [0.25, 0.3) is 0 Å². The van der Waals surface area contributed by atoms with Gasteiger partial charge >= 0.3 is 6.09 Å². The molecule has 0 saturated carbocycles. The SMILES string of the molecule is CCCC(C)NC(=O)C(c1ccc(C)c(C)c1)N(C(=O)C(CC(N)=O)NC(=O)OC(C)(C)C)C(C)(C)C. The van der Waals surface area contributed by atoms with E-state index in [-0.39, 0.29) is 11.9 Å². The molecule has 1 aromatic rings. The van der Waals surface area contributed by atoms with Crippen LogP contribution in [-0.2, 0) is 19.1 Å². The van der Waals surface area contributed by atoms with Crippen LogP contribution >= 0.6 is 0 Å². The number of primary amides is 1. The normalized spacial score (nSPS) is 14.2. The van der Waals surface area contributed by atoms with Gasteiger partial charge in [-0.15, -0.1) is 0 Å². The van der Waals surface area contributed by atoms with E-state index in [1.54, 1.807) is 41.5 Å². The number of ether oxygens (including phenoxy) is 1. The summed E-state index contributed by atoms with van der Waals surface area (Å²) in [5, 5.41) is 5.54. The van der Waals surface area contributed by atoms with Crippen LogP contribution in [0.25, 0.3) is 0 Å². The number of nitrogens with zero attached hydrogens (tertiary/aromatic N) is 1. The summed E-state index contributed by atoms with van der Waals surface area (Å²) in [6.07, 6.45) is 0.361. The summed E-state index contributed by atoms with van der Waals surface area (Å²) in [6, 6.07) is 3.19. The molecule has 0 spiro atoms. The van der Waals surface area contributed by atoms with E-state index in [1.807, 2.05) is 45.9 Å². The lowest BCUT2D eigenvalue weighted by Gasteiger charge is -2.43. The second-order valence-electron chi connectivity index (χ2n) is 11.7. The zero-order valence-corrected chi connectivity index (χ0v) is 24.2. The van der Waals surface area contributed by atoms with Gasteiger partial charge in [0.1, 0.15) is 17.7 Å². The molecule has 0 fully saturated rings. The van der Waals surface area contributed by atoms with Crippen LogP contribution in [0.4, 0.5) is 4.79 Å². The third-order valence-electron chi connectivity index (χ3n) is 5.82. The van der Waals surface area contributed by atoms with Crippen molar-refractivity contribution >= 4 is 23.8 Å². The molecule has 0 aromatic heterocycles. The molecule has 4 N–H and O–H groups in total. The van der Waals surface area contributed by atoms with Gasteiger partial charge in [-0.2, -0.15) is 0 Å². The third kappa shape index (κ3) is 10.1. The van der Waals surface area contributed by atoms with Gasteiger partial charge in [-0.1, -0.05) is 31.5 Å². The number of nitrogens with two attached hydrogens (primary N) is 1. The molecule has 4 amide bonds. The highest BCUT2D eigenvalue weighted by Crippen LogP contribution is 2.31. The summed E-state index contributed by atoms with van der Waals surface area (Å²) in [7, 11) is 0. The number of hydrogen-bond donors (Lipinski definition) is 3. The molecule has 0 aliphatic carbocycles. The molecular formula is C28H46N4O5. The Morgan fingerprint density at radius 3 is 2.05 bits per heavy atom. The molecule has 0 heterocycles. The number of aryl methyl sites for hydroxylation is 2. The van der Waals surface area contributed by atoms with Crippen molar-refractivity contribution in [3.05, 3.63) is 34.9 Å². The van der Waals surface area contributed by atoms with Crippen molar-refractivity contribution in [3.63, 3.8) is 0 Å². The predicted molar refractivity (Wildman–Crippen MR) is 145 cm³/mol. The second kappa shape index (κ2) is 12.9. The first kappa shape index (κ1) is 31.9. The lowest BCUT2D eigenvalue weighted by molar-refractivity contribution is -0.149. The molecule has 9 nitrogen and oxygen atoms in total. The van der Waals surface area contributed by atoms with Crippen LogP contribution in [-0.4, -0.2) is 51.9 Å². The first-order chi connectivity index (χ1) is 16.9. The lowest BCUT2D eigenvalue weighted by Crippen LogP contribution is -2.59. The van der Waals surface area contributed by atoms with E-state index in [0.29, 0.717) is 5.56 Å². The molecule has 3 unspecified atom stereocenters. The molecule has 1 rings (SSSR count). The van der Waals surface area contributed by atoms with Crippen molar-refractivity contribution < 1.29 is 23.9 Å². The average Bonchev–Trinajstić information content (AvgIpc) is 2.70. The third-order valence-corrected chi connectivity index (χ3v) is 5.82. The van der Waals surface area contributed by atoms with E-state index in [9.17, 15) is 19.2 Å². The Kier molecular flexibility index (Phi) is 11.2. The molecule has 1 aromatic carbocycles. The summed E-state index contributed by atoms with van der Waals surface area (Å²) in [5.74, 6) is -1.73. The minimum Gasteiger partial charge on any atom is -0.444 e. The van der Waals surface area contributed by atoms with E-state index in [1.165, 1.54) is 4.90 Å². The smallest absolute Gasteiger partial charge is 0.408 e. The van der Waals surface area contributed by atoms with Crippen LogP contribution in [0, 0.1) is 13.8 Å². The van der Waals surface area contributed by atoms with Gasteiger partial charge < -0.3 is 26.0 Å². The van der Waals surface area contributed by atoms with Crippen LogP contribution in [0.15, 0.2) is 18.2 Å². The van der Waals surface area contributed by atoms with Gasteiger partial charge in [-0.25, -0.2) is 4.79 Å². The topological polar surface area (TPSA) is 131 Å². The zero-order chi connectivity index (χ0) is 28.7. The van der Waals surface area contributed by atoms with Gasteiger partial charge in [0.05, 0.1) is 6.42 Å². The van der Waals surface area contributed by atoms with Crippen LogP contribution in [0.3, 0.4) is 0 Å². The molecule has 0 aliphatic heterocycles. The summed E-state index contributed by atoms with van der Waals surface area (Å²) in [5.41, 5.74) is 6.42. The minimum absolute atomic E-state index is 0.107. The van der Waals surface area contributed by atoms with Crippen LogP contribution in [0.2, 0.25) is 0 Å². The van der Waals surface area contributed by atoms with Crippen molar-refractivity contribution in [3.8, 4) is 0 Å². The molecule has 37 heavy (non-hydrogen) atoms. The second-order valence-corrected chi connectivity index (χ2v) is 11.7. The zero-order valence-electron chi connectivity index (χ0n) is 24.2. The van der Waals surface area contributed by atoms with Crippen molar-refractivity contribution in [1.82, 2.24) is 15.5 Å². The number of carbonyl (C=O) groups excluding carboxylic acids is 4. The molecule has 3 atom stereocenters. The Hall–Kier alpha value is -3.10. The number of carbonyl (C=O) groups is 4. The Labute approximate surface area is 221 Å². The van der Waals surface area contributed by atoms with E-state index in [4.69, 9.17) is 10.5 Å². The van der Waals surface area contributed by atoms with E-state index < -0.39 is 47.6 Å². The monoisotopic (exact) mass is 518 g/mol. The van der Waals surface area contributed by atoms with Crippen LogP contribution in [0.5, 0.6) is 0 Å².